The molecule has 1 aromatic rings. The fraction of sp³-hybridized carbons (Fsp3) is 0.500. The molecular weight excluding hydrogens is 193 g/mol. The monoisotopic (exact) mass is 211 g/mol. The lowest BCUT2D eigenvalue weighted by Crippen LogP contribution is -2.31. The van der Waals surface area contributed by atoms with Gasteiger partial charge in [-0.25, -0.2) is 4.39 Å². The molecular formula is C12H18FNO. The summed E-state index contributed by atoms with van der Waals surface area (Å²) in [6.07, 6.45) is 1.13. The molecule has 0 amide bonds. The second-order valence-electron chi connectivity index (χ2n) is 4.16. The van der Waals surface area contributed by atoms with E-state index in [1.165, 1.54) is 12.1 Å². The topological polar surface area (TPSA) is 32.3 Å². The minimum absolute atomic E-state index is 0.253. The van der Waals surface area contributed by atoms with Gasteiger partial charge in [0.2, 0.25) is 0 Å². The van der Waals surface area contributed by atoms with Gasteiger partial charge in [0, 0.05) is 6.42 Å². The maximum Gasteiger partial charge on any atom is 0.123 e. The first-order valence-electron chi connectivity index (χ1n) is 5.15. The van der Waals surface area contributed by atoms with Crippen molar-refractivity contribution in [3.63, 3.8) is 0 Å². The summed E-state index contributed by atoms with van der Waals surface area (Å²) >= 11 is 0. The van der Waals surface area contributed by atoms with E-state index in [0.29, 0.717) is 12.8 Å². The summed E-state index contributed by atoms with van der Waals surface area (Å²) in [4.78, 5) is 0. The molecule has 0 aromatic heterocycles. The first-order valence-corrected chi connectivity index (χ1v) is 5.15. The van der Waals surface area contributed by atoms with Crippen molar-refractivity contribution in [2.45, 2.75) is 25.4 Å². The zero-order valence-corrected chi connectivity index (χ0v) is 9.26. The van der Waals surface area contributed by atoms with Crippen molar-refractivity contribution in [1.29, 1.82) is 0 Å². The molecule has 0 aliphatic heterocycles. The molecule has 1 aromatic carbocycles. The lowest BCUT2D eigenvalue weighted by Gasteiger charge is -2.23. The minimum Gasteiger partial charge on any atom is -0.390 e. The van der Waals surface area contributed by atoms with Crippen LogP contribution in [0.4, 0.5) is 4.39 Å². The standard InChI is InChI=1S/C12H18FNO/c1-12(15,6-7-14-2)9-10-4-3-5-11(13)8-10/h3-5,8,14-15H,6-7,9H2,1-2H3. The fourth-order valence-corrected chi connectivity index (χ4v) is 1.57. The largest absolute Gasteiger partial charge is 0.390 e. The number of hydrogen-bond donors (Lipinski definition) is 2. The molecule has 1 rings (SSSR count). The summed E-state index contributed by atoms with van der Waals surface area (Å²) in [5.41, 5.74) is 0.0488. The summed E-state index contributed by atoms with van der Waals surface area (Å²) in [6.45, 7) is 2.53. The third-order valence-corrected chi connectivity index (χ3v) is 2.39. The van der Waals surface area contributed by atoms with Crippen LogP contribution in [0, 0.1) is 5.82 Å². The molecule has 0 saturated heterocycles. The van der Waals surface area contributed by atoms with Crippen LogP contribution in [0.2, 0.25) is 0 Å². The lowest BCUT2D eigenvalue weighted by molar-refractivity contribution is 0.0520. The van der Waals surface area contributed by atoms with Crippen LogP contribution in [-0.2, 0) is 6.42 Å². The second kappa shape index (κ2) is 5.24. The molecule has 15 heavy (non-hydrogen) atoms. The SMILES string of the molecule is CNCCC(C)(O)Cc1cccc(F)c1. The molecule has 0 fully saturated rings. The summed E-state index contributed by atoms with van der Waals surface area (Å²) in [7, 11) is 1.85. The molecule has 0 saturated carbocycles. The van der Waals surface area contributed by atoms with Crippen molar-refractivity contribution >= 4 is 0 Å². The smallest absolute Gasteiger partial charge is 0.123 e. The molecule has 0 radical (unpaired) electrons. The molecule has 2 nitrogen and oxygen atoms in total. The molecule has 0 spiro atoms. The van der Waals surface area contributed by atoms with Crippen LogP contribution in [0.5, 0.6) is 0 Å². The Balaban J connectivity index is 2.60. The van der Waals surface area contributed by atoms with E-state index in [1.807, 2.05) is 13.1 Å². The zero-order valence-electron chi connectivity index (χ0n) is 9.26. The first-order chi connectivity index (χ1) is 7.03. The Hall–Kier alpha value is -0.930. The van der Waals surface area contributed by atoms with Crippen molar-refractivity contribution in [3.8, 4) is 0 Å². The van der Waals surface area contributed by atoms with E-state index in [-0.39, 0.29) is 5.82 Å². The van der Waals surface area contributed by atoms with Gasteiger partial charge >= 0.3 is 0 Å². The Labute approximate surface area is 90.1 Å². The van der Waals surface area contributed by atoms with E-state index in [1.54, 1.807) is 13.0 Å². The highest BCUT2D eigenvalue weighted by molar-refractivity contribution is 5.18. The summed E-state index contributed by atoms with van der Waals surface area (Å²) < 4.78 is 12.9. The van der Waals surface area contributed by atoms with Gasteiger partial charge in [-0.05, 0) is 44.6 Å². The van der Waals surface area contributed by atoms with E-state index in [2.05, 4.69) is 5.32 Å². The van der Waals surface area contributed by atoms with E-state index >= 15 is 0 Å². The summed E-state index contributed by atoms with van der Waals surface area (Å²) in [6, 6.07) is 6.37. The third-order valence-electron chi connectivity index (χ3n) is 2.39. The van der Waals surface area contributed by atoms with E-state index in [9.17, 15) is 9.50 Å². The van der Waals surface area contributed by atoms with Crippen molar-refractivity contribution in [2.24, 2.45) is 0 Å². The molecule has 0 heterocycles. The van der Waals surface area contributed by atoms with Gasteiger partial charge < -0.3 is 10.4 Å². The number of benzene rings is 1. The molecule has 0 aliphatic rings. The van der Waals surface area contributed by atoms with Gasteiger partial charge in [0.15, 0.2) is 0 Å². The van der Waals surface area contributed by atoms with Crippen molar-refractivity contribution < 1.29 is 9.50 Å². The average Bonchev–Trinajstić information content (AvgIpc) is 2.14. The highest BCUT2D eigenvalue weighted by Crippen LogP contribution is 2.17. The number of halogens is 1. The quantitative estimate of drug-likeness (QED) is 0.777. The van der Waals surface area contributed by atoms with Gasteiger partial charge in [0.25, 0.3) is 0 Å². The van der Waals surface area contributed by atoms with Gasteiger partial charge in [-0.1, -0.05) is 12.1 Å². The molecule has 1 atom stereocenters. The van der Waals surface area contributed by atoms with Gasteiger partial charge in [-0.2, -0.15) is 0 Å². The van der Waals surface area contributed by atoms with Gasteiger partial charge in [0.1, 0.15) is 5.82 Å². The van der Waals surface area contributed by atoms with Crippen molar-refractivity contribution in [1.82, 2.24) is 5.32 Å². The highest BCUT2D eigenvalue weighted by Gasteiger charge is 2.20. The fourth-order valence-electron chi connectivity index (χ4n) is 1.57. The number of rotatable bonds is 5. The average molecular weight is 211 g/mol. The minimum atomic E-state index is -0.781. The van der Waals surface area contributed by atoms with Crippen LogP contribution in [0.3, 0.4) is 0 Å². The normalized spacial score (nSPS) is 14.9. The molecule has 0 bridgehead atoms. The molecule has 3 heteroatoms. The van der Waals surface area contributed by atoms with Crippen LogP contribution < -0.4 is 5.32 Å². The lowest BCUT2D eigenvalue weighted by atomic mass is 9.93. The van der Waals surface area contributed by atoms with E-state index in [4.69, 9.17) is 0 Å². The summed E-state index contributed by atoms with van der Waals surface area (Å²) in [5, 5.41) is 13.0. The van der Waals surface area contributed by atoms with Crippen LogP contribution in [0.15, 0.2) is 24.3 Å². The van der Waals surface area contributed by atoms with Gasteiger partial charge in [0.05, 0.1) is 5.60 Å². The predicted octanol–water partition coefficient (Wildman–Crippen LogP) is 1.73. The Morgan fingerprint density at radius 3 is 2.80 bits per heavy atom. The molecule has 1 unspecified atom stereocenters. The van der Waals surface area contributed by atoms with Gasteiger partial charge in [-0.15, -0.1) is 0 Å². The number of aliphatic hydroxyl groups is 1. The van der Waals surface area contributed by atoms with Gasteiger partial charge in [-0.3, -0.25) is 0 Å². The van der Waals surface area contributed by atoms with Crippen LogP contribution >= 0.6 is 0 Å². The maximum absolute atomic E-state index is 12.9. The third kappa shape index (κ3) is 4.40. The highest BCUT2D eigenvalue weighted by atomic mass is 19.1. The van der Waals surface area contributed by atoms with Crippen molar-refractivity contribution in [3.05, 3.63) is 35.6 Å². The van der Waals surface area contributed by atoms with Crippen LogP contribution in [0.1, 0.15) is 18.9 Å². The van der Waals surface area contributed by atoms with Crippen LogP contribution in [0.25, 0.3) is 0 Å². The Bertz CT molecular complexity index is 312. The van der Waals surface area contributed by atoms with E-state index < -0.39 is 5.60 Å². The van der Waals surface area contributed by atoms with Crippen molar-refractivity contribution in [2.75, 3.05) is 13.6 Å². The predicted molar refractivity (Wildman–Crippen MR) is 59.3 cm³/mol. The Morgan fingerprint density at radius 1 is 1.47 bits per heavy atom. The zero-order chi connectivity index (χ0) is 11.3. The Morgan fingerprint density at radius 2 is 2.20 bits per heavy atom. The van der Waals surface area contributed by atoms with Crippen LogP contribution in [-0.4, -0.2) is 24.3 Å². The first kappa shape index (κ1) is 12.1. The molecule has 0 aliphatic carbocycles. The second-order valence-corrected chi connectivity index (χ2v) is 4.16. The Kier molecular flexibility index (Phi) is 4.24. The molecule has 2 N–H and O–H groups in total. The maximum atomic E-state index is 12.9. The number of nitrogens with one attached hydrogen (secondary N) is 1. The summed E-state index contributed by atoms with van der Waals surface area (Å²) in [5.74, 6) is -0.253. The number of hydrogen-bond acceptors (Lipinski definition) is 2. The van der Waals surface area contributed by atoms with E-state index in [0.717, 1.165) is 12.1 Å². The molecule has 84 valence electrons.